The van der Waals surface area contributed by atoms with Gasteiger partial charge in [0.2, 0.25) is 0 Å². The fourth-order valence-electron chi connectivity index (χ4n) is 8.17. The maximum atomic E-state index is 6.69. The maximum Gasteiger partial charge on any atom is 0.136 e. The van der Waals surface area contributed by atoms with Crippen LogP contribution in [0.3, 0.4) is 0 Å². The normalized spacial score (nSPS) is 12.5. The van der Waals surface area contributed by atoms with Crippen LogP contribution in [-0.2, 0) is 0 Å². The first-order valence-electron chi connectivity index (χ1n) is 17.5. The van der Waals surface area contributed by atoms with Crippen molar-refractivity contribution in [3.05, 3.63) is 158 Å². The summed E-state index contributed by atoms with van der Waals surface area (Å²) in [6.07, 6.45) is 0. The van der Waals surface area contributed by atoms with Gasteiger partial charge in [-0.2, -0.15) is 0 Å². The highest BCUT2D eigenvalue weighted by Crippen LogP contribution is 2.52. The highest BCUT2D eigenvalue weighted by atomic mass is 32.1. The van der Waals surface area contributed by atoms with Crippen molar-refractivity contribution < 1.29 is 9.47 Å². The van der Waals surface area contributed by atoms with Gasteiger partial charge in [0.15, 0.2) is 0 Å². The summed E-state index contributed by atoms with van der Waals surface area (Å²) in [5, 5.41) is 7.24. The number of thiophene rings is 2. The van der Waals surface area contributed by atoms with E-state index in [1.807, 2.05) is 22.7 Å². The summed E-state index contributed by atoms with van der Waals surface area (Å²) in [4.78, 5) is 2.50. The molecular weight excluding hydrogens is 673 g/mol. The van der Waals surface area contributed by atoms with E-state index in [-0.39, 0.29) is 0 Å². The quantitative estimate of drug-likeness (QED) is 0.183. The van der Waals surface area contributed by atoms with Crippen molar-refractivity contribution in [2.75, 3.05) is 0 Å². The third-order valence-electron chi connectivity index (χ3n) is 10.6. The van der Waals surface area contributed by atoms with Crippen LogP contribution >= 0.6 is 22.7 Å². The summed E-state index contributed by atoms with van der Waals surface area (Å²) >= 11 is 3.65. The Bertz CT molecular complexity index is 2870. The predicted octanol–water partition coefficient (Wildman–Crippen LogP) is 15.0. The van der Waals surface area contributed by atoms with Gasteiger partial charge in [-0.1, -0.05) is 84.9 Å². The zero-order chi connectivity index (χ0) is 33.9. The van der Waals surface area contributed by atoms with Crippen LogP contribution in [0.15, 0.2) is 158 Å². The van der Waals surface area contributed by atoms with Gasteiger partial charge in [-0.25, -0.2) is 0 Å². The van der Waals surface area contributed by atoms with E-state index in [1.54, 1.807) is 0 Å². The first-order chi connectivity index (χ1) is 25.7. The first-order valence-corrected chi connectivity index (χ1v) is 19.1. The second-order valence-corrected chi connectivity index (χ2v) is 15.8. The lowest BCUT2D eigenvalue weighted by Gasteiger charge is -2.24. The molecule has 0 fully saturated rings. The lowest BCUT2D eigenvalue weighted by molar-refractivity contribution is 0.487. The van der Waals surface area contributed by atoms with Crippen LogP contribution in [0.1, 0.15) is 0 Å². The topological polar surface area (TPSA) is 18.5 Å². The van der Waals surface area contributed by atoms with E-state index in [1.165, 1.54) is 63.0 Å². The van der Waals surface area contributed by atoms with Gasteiger partial charge in [-0.3, -0.25) is 0 Å². The molecular formula is C48H26O2S2. The van der Waals surface area contributed by atoms with Gasteiger partial charge in [-0.05, 0) is 128 Å². The predicted molar refractivity (Wildman–Crippen MR) is 220 cm³/mol. The molecule has 12 rings (SSSR count). The monoisotopic (exact) mass is 698 g/mol. The Labute approximate surface area is 307 Å². The van der Waals surface area contributed by atoms with Crippen molar-refractivity contribution in [2.45, 2.75) is 0 Å². The SMILES string of the molecule is c1ccc2sc(-c3cc4c5c(cccc5c3)-c3cc(-c5ccc6c(c5)-c5cccc7cc(-c8cc9ccccc9s8)cc(c57)O6)ccc3O4)cc2c1. The molecule has 242 valence electrons. The van der Waals surface area contributed by atoms with Crippen LogP contribution in [0.25, 0.3) is 96.0 Å². The zero-order valence-corrected chi connectivity index (χ0v) is 29.3. The molecule has 2 aliphatic rings. The Hall–Kier alpha value is -6.20. The second-order valence-electron chi connectivity index (χ2n) is 13.7. The Balaban J connectivity index is 0.940. The molecule has 4 heterocycles. The highest BCUT2D eigenvalue weighted by molar-refractivity contribution is 7.22. The van der Waals surface area contributed by atoms with Gasteiger partial charge in [0, 0.05) is 41.1 Å². The molecule has 0 saturated heterocycles. The summed E-state index contributed by atoms with van der Waals surface area (Å²) < 4.78 is 16.0. The van der Waals surface area contributed by atoms with Crippen molar-refractivity contribution in [3.8, 4) is 77.3 Å². The molecule has 52 heavy (non-hydrogen) atoms. The van der Waals surface area contributed by atoms with Crippen LogP contribution in [-0.4, -0.2) is 0 Å². The van der Waals surface area contributed by atoms with E-state index in [4.69, 9.17) is 9.47 Å². The van der Waals surface area contributed by atoms with Gasteiger partial charge in [-0.15, -0.1) is 22.7 Å². The smallest absolute Gasteiger partial charge is 0.136 e. The highest BCUT2D eigenvalue weighted by Gasteiger charge is 2.25. The van der Waals surface area contributed by atoms with Crippen LogP contribution in [0.5, 0.6) is 23.0 Å². The largest absolute Gasteiger partial charge is 0.456 e. The molecule has 0 unspecified atom stereocenters. The number of benzene rings is 8. The maximum absolute atomic E-state index is 6.69. The van der Waals surface area contributed by atoms with Gasteiger partial charge < -0.3 is 9.47 Å². The summed E-state index contributed by atoms with van der Waals surface area (Å²) in [5.74, 6) is 3.58. The van der Waals surface area contributed by atoms with E-state index in [2.05, 4.69) is 158 Å². The van der Waals surface area contributed by atoms with Crippen LogP contribution in [0, 0.1) is 0 Å². The van der Waals surface area contributed by atoms with E-state index in [9.17, 15) is 0 Å². The standard InChI is InChI=1S/C48H26O2S2/c1-3-13-43-29(7-1)25-45(51-43)33-19-31-9-5-11-35-37-21-27(15-17-39(37)49-41(23-33)47(31)35)28-16-18-40-38(22-28)36-12-6-10-32-20-34(24-42(50-40)48(32)36)46-26-30-8-2-4-14-44(30)52-46/h1-26H. The first kappa shape index (κ1) is 28.5. The number of hydrogen-bond donors (Lipinski definition) is 0. The molecule has 0 radical (unpaired) electrons. The van der Waals surface area contributed by atoms with Crippen molar-refractivity contribution in [3.63, 3.8) is 0 Å². The minimum atomic E-state index is 0.881. The van der Waals surface area contributed by atoms with E-state index < -0.39 is 0 Å². The summed E-state index contributed by atoms with van der Waals surface area (Å²) in [7, 11) is 0. The molecule has 0 N–H and O–H groups in total. The average molecular weight is 699 g/mol. The number of hydrogen-bond acceptors (Lipinski definition) is 4. The molecule has 10 aromatic rings. The molecule has 2 aromatic heterocycles. The number of rotatable bonds is 3. The molecule has 0 amide bonds. The van der Waals surface area contributed by atoms with Gasteiger partial charge in [0.1, 0.15) is 23.0 Å². The van der Waals surface area contributed by atoms with Crippen molar-refractivity contribution >= 4 is 64.4 Å². The molecule has 0 saturated carbocycles. The Morgan fingerprint density at radius 2 is 0.769 bits per heavy atom. The van der Waals surface area contributed by atoms with Gasteiger partial charge in [0.25, 0.3) is 0 Å². The molecule has 8 aromatic carbocycles. The molecule has 0 spiro atoms. The fourth-order valence-corrected chi connectivity index (χ4v) is 10.3. The lowest BCUT2D eigenvalue weighted by atomic mass is 9.89. The van der Waals surface area contributed by atoms with Crippen molar-refractivity contribution in [1.29, 1.82) is 0 Å². The number of ether oxygens (including phenoxy) is 2. The van der Waals surface area contributed by atoms with Crippen LogP contribution in [0.2, 0.25) is 0 Å². The Morgan fingerprint density at radius 1 is 0.308 bits per heavy atom. The third-order valence-corrected chi connectivity index (χ3v) is 12.9. The number of fused-ring (bicyclic) bond motifs is 6. The van der Waals surface area contributed by atoms with E-state index >= 15 is 0 Å². The molecule has 0 aliphatic carbocycles. The fraction of sp³-hybridized carbons (Fsp3) is 0. The van der Waals surface area contributed by atoms with Crippen molar-refractivity contribution in [1.82, 2.24) is 0 Å². The van der Waals surface area contributed by atoms with Crippen LogP contribution in [0.4, 0.5) is 0 Å². The zero-order valence-electron chi connectivity index (χ0n) is 27.6. The molecule has 4 heteroatoms. The minimum Gasteiger partial charge on any atom is -0.456 e. The molecule has 0 atom stereocenters. The van der Waals surface area contributed by atoms with Gasteiger partial charge >= 0.3 is 0 Å². The van der Waals surface area contributed by atoms with E-state index in [0.29, 0.717) is 0 Å². The van der Waals surface area contributed by atoms with E-state index in [0.717, 1.165) is 56.0 Å². The Kier molecular flexibility index (Phi) is 5.84. The Morgan fingerprint density at radius 3 is 1.25 bits per heavy atom. The molecule has 2 aliphatic heterocycles. The van der Waals surface area contributed by atoms with Gasteiger partial charge in [0.05, 0.1) is 0 Å². The third kappa shape index (κ3) is 4.23. The van der Waals surface area contributed by atoms with Crippen LogP contribution < -0.4 is 9.47 Å². The minimum absolute atomic E-state index is 0.881. The average Bonchev–Trinajstić information content (AvgIpc) is 3.83. The molecule has 0 bridgehead atoms. The summed E-state index contributed by atoms with van der Waals surface area (Å²) in [5.41, 5.74) is 9.29. The van der Waals surface area contributed by atoms with Crippen molar-refractivity contribution in [2.24, 2.45) is 0 Å². The summed E-state index contributed by atoms with van der Waals surface area (Å²) in [6.45, 7) is 0. The summed E-state index contributed by atoms with van der Waals surface area (Å²) in [6, 6.07) is 57.1. The molecule has 2 nitrogen and oxygen atoms in total. The lowest BCUT2D eigenvalue weighted by Crippen LogP contribution is -1.99. The second kappa shape index (κ2) is 10.7.